The molecule has 0 spiro atoms. The minimum absolute atomic E-state index is 0.365. The van der Waals surface area contributed by atoms with Gasteiger partial charge in [0.15, 0.2) is 11.5 Å². The van der Waals surface area contributed by atoms with Crippen molar-refractivity contribution >= 4 is 5.82 Å². The first kappa shape index (κ1) is 14.1. The van der Waals surface area contributed by atoms with E-state index in [4.69, 9.17) is 9.47 Å². The number of ether oxygens (including phenoxy) is 2. The Morgan fingerprint density at radius 1 is 1.05 bits per heavy atom. The van der Waals surface area contributed by atoms with Crippen molar-refractivity contribution in [3.8, 4) is 11.5 Å². The molecule has 0 saturated heterocycles. The van der Waals surface area contributed by atoms with E-state index in [2.05, 4.69) is 22.2 Å². The first-order valence-electron chi connectivity index (χ1n) is 6.66. The van der Waals surface area contributed by atoms with Crippen LogP contribution in [0, 0.1) is 0 Å². The lowest BCUT2D eigenvalue weighted by Gasteiger charge is -2.11. The van der Waals surface area contributed by atoms with Crippen molar-refractivity contribution < 1.29 is 9.47 Å². The summed E-state index contributed by atoms with van der Waals surface area (Å²) >= 11 is 0. The quantitative estimate of drug-likeness (QED) is 0.840. The molecule has 0 unspecified atom stereocenters. The van der Waals surface area contributed by atoms with Crippen LogP contribution in [0.3, 0.4) is 0 Å². The first-order chi connectivity index (χ1) is 9.83. The third-order valence-electron chi connectivity index (χ3n) is 2.65. The van der Waals surface area contributed by atoms with Gasteiger partial charge in [-0.05, 0) is 18.6 Å². The number of nitrogens with zero attached hydrogens (tertiary/aromatic N) is 2. The highest BCUT2D eigenvalue weighted by Crippen LogP contribution is 2.27. The summed E-state index contributed by atoms with van der Waals surface area (Å²) in [4.78, 5) is 8.46. The summed E-state index contributed by atoms with van der Waals surface area (Å²) in [5, 5.41) is 2.93. The van der Waals surface area contributed by atoms with Gasteiger partial charge in [0.05, 0.1) is 24.7 Å². The molecule has 0 saturated carbocycles. The van der Waals surface area contributed by atoms with Crippen LogP contribution in [0.1, 0.15) is 19.0 Å². The third-order valence-corrected chi connectivity index (χ3v) is 2.65. The van der Waals surface area contributed by atoms with E-state index >= 15 is 0 Å². The molecule has 5 nitrogen and oxygen atoms in total. The molecule has 5 heteroatoms. The number of benzene rings is 1. The fourth-order valence-electron chi connectivity index (χ4n) is 1.61. The standard InChI is InChI=1S/C15H19N3O2/c1-3-8-19-13-6-4-5-7-14(13)20-11-12-9-18-15(16-2)10-17-12/h4-7,9-10H,3,8,11H2,1-2H3,(H,16,18). The molecule has 106 valence electrons. The number of nitrogens with one attached hydrogen (secondary N) is 1. The van der Waals surface area contributed by atoms with Gasteiger partial charge >= 0.3 is 0 Å². The Hall–Kier alpha value is -2.30. The van der Waals surface area contributed by atoms with Crippen molar-refractivity contribution in [2.45, 2.75) is 20.0 Å². The van der Waals surface area contributed by atoms with Crippen LogP contribution in [0.25, 0.3) is 0 Å². The second-order valence-electron chi connectivity index (χ2n) is 4.23. The number of rotatable bonds is 7. The molecule has 0 aliphatic rings. The molecule has 1 N–H and O–H groups in total. The largest absolute Gasteiger partial charge is 0.490 e. The summed E-state index contributed by atoms with van der Waals surface area (Å²) in [6, 6.07) is 7.64. The van der Waals surface area contributed by atoms with Gasteiger partial charge in [-0.15, -0.1) is 0 Å². The Bertz CT molecular complexity index is 529. The predicted octanol–water partition coefficient (Wildman–Crippen LogP) is 2.89. The van der Waals surface area contributed by atoms with Crippen molar-refractivity contribution in [2.24, 2.45) is 0 Å². The molecule has 1 heterocycles. The van der Waals surface area contributed by atoms with Gasteiger partial charge in [-0.1, -0.05) is 19.1 Å². The van der Waals surface area contributed by atoms with Crippen molar-refractivity contribution in [1.29, 1.82) is 0 Å². The van der Waals surface area contributed by atoms with E-state index in [1.807, 2.05) is 31.3 Å². The number of aromatic nitrogens is 2. The Morgan fingerprint density at radius 3 is 2.40 bits per heavy atom. The van der Waals surface area contributed by atoms with E-state index in [-0.39, 0.29) is 0 Å². The Kier molecular flexibility index (Phi) is 5.17. The highest BCUT2D eigenvalue weighted by Gasteiger charge is 2.05. The highest BCUT2D eigenvalue weighted by atomic mass is 16.5. The molecule has 0 bridgehead atoms. The average molecular weight is 273 g/mol. The summed E-state index contributed by atoms with van der Waals surface area (Å²) in [5.74, 6) is 2.22. The van der Waals surface area contributed by atoms with Gasteiger partial charge in [0.2, 0.25) is 0 Å². The van der Waals surface area contributed by atoms with Crippen LogP contribution in [-0.2, 0) is 6.61 Å². The van der Waals surface area contributed by atoms with Gasteiger partial charge in [0.25, 0.3) is 0 Å². The number of para-hydroxylation sites is 2. The normalized spacial score (nSPS) is 10.1. The van der Waals surface area contributed by atoms with Crippen molar-refractivity contribution in [3.05, 3.63) is 42.4 Å². The number of hydrogen-bond donors (Lipinski definition) is 1. The van der Waals surface area contributed by atoms with Crippen molar-refractivity contribution in [2.75, 3.05) is 19.0 Å². The summed E-state index contributed by atoms with van der Waals surface area (Å²) in [7, 11) is 1.81. The molecule has 2 aromatic rings. The maximum absolute atomic E-state index is 5.75. The lowest BCUT2D eigenvalue weighted by Crippen LogP contribution is -2.03. The fraction of sp³-hybridized carbons (Fsp3) is 0.333. The summed E-state index contributed by atoms with van der Waals surface area (Å²) in [6.07, 6.45) is 4.34. The van der Waals surface area contributed by atoms with E-state index < -0.39 is 0 Å². The smallest absolute Gasteiger partial charge is 0.161 e. The molecule has 0 amide bonds. The summed E-state index contributed by atoms with van der Waals surface area (Å²) in [5.41, 5.74) is 0.772. The highest BCUT2D eigenvalue weighted by molar-refractivity contribution is 5.39. The molecule has 0 fully saturated rings. The molecule has 1 aromatic carbocycles. The molecule has 0 radical (unpaired) electrons. The van der Waals surface area contributed by atoms with Gasteiger partial charge in [-0.25, -0.2) is 4.98 Å². The summed E-state index contributed by atoms with van der Waals surface area (Å²) in [6.45, 7) is 3.11. The first-order valence-corrected chi connectivity index (χ1v) is 6.66. The van der Waals surface area contributed by atoms with E-state index in [0.29, 0.717) is 13.2 Å². The molecule has 0 atom stereocenters. The predicted molar refractivity (Wildman–Crippen MR) is 78.1 cm³/mol. The SMILES string of the molecule is CCCOc1ccccc1OCc1cnc(NC)cn1. The van der Waals surface area contributed by atoms with Gasteiger partial charge in [0, 0.05) is 7.05 Å². The summed E-state index contributed by atoms with van der Waals surface area (Å²) < 4.78 is 11.4. The molecule has 0 aliphatic heterocycles. The van der Waals surface area contributed by atoms with Crippen LogP contribution >= 0.6 is 0 Å². The van der Waals surface area contributed by atoms with Crippen LogP contribution < -0.4 is 14.8 Å². The van der Waals surface area contributed by atoms with Crippen LogP contribution in [-0.4, -0.2) is 23.6 Å². The van der Waals surface area contributed by atoms with Gasteiger partial charge in [-0.3, -0.25) is 4.98 Å². The van der Waals surface area contributed by atoms with Crippen LogP contribution in [0.5, 0.6) is 11.5 Å². The van der Waals surface area contributed by atoms with Gasteiger partial charge in [-0.2, -0.15) is 0 Å². The van der Waals surface area contributed by atoms with Crippen molar-refractivity contribution in [3.63, 3.8) is 0 Å². The molecule has 2 rings (SSSR count). The minimum Gasteiger partial charge on any atom is -0.490 e. The van der Waals surface area contributed by atoms with Crippen LogP contribution in [0.2, 0.25) is 0 Å². The number of anilines is 1. The second-order valence-corrected chi connectivity index (χ2v) is 4.23. The molecule has 20 heavy (non-hydrogen) atoms. The Morgan fingerprint density at radius 2 is 1.80 bits per heavy atom. The molecular formula is C15H19N3O2. The Balaban J connectivity index is 1.98. The maximum Gasteiger partial charge on any atom is 0.161 e. The van der Waals surface area contributed by atoms with Crippen molar-refractivity contribution in [1.82, 2.24) is 9.97 Å². The molecule has 1 aromatic heterocycles. The van der Waals surface area contributed by atoms with E-state index in [0.717, 1.165) is 29.4 Å². The van der Waals surface area contributed by atoms with Gasteiger partial charge in [0.1, 0.15) is 12.4 Å². The van der Waals surface area contributed by atoms with E-state index in [1.165, 1.54) is 0 Å². The van der Waals surface area contributed by atoms with Crippen LogP contribution in [0.15, 0.2) is 36.7 Å². The lowest BCUT2D eigenvalue weighted by atomic mass is 10.3. The van der Waals surface area contributed by atoms with Crippen LogP contribution in [0.4, 0.5) is 5.82 Å². The lowest BCUT2D eigenvalue weighted by molar-refractivity contribution is 0.259. The zero-order valence-corrected chi connectivity index (χ0v) is 11.8. The van der Waals surface area contributed by atoms with E-state index in [9.17, 15) is 0 Å². The minimum atomic E-state index is 0.365. The number of hydrogen-bond acceptors (Lipinski definition) is 5. The molecular weight excluding hydrogens is 254 g/mol. The van der Waals surface area contributed by atoms with Gasteiger partial charge < -0.3 is 14.8 Å². The topological polar surface area (TPSA) is 56.3 Å². The zero-order chi connectivity index (χ0) is 14.2. The molecule has 0 aliphatic carbocycles. The Labute approximate surface area is 119 Å². The third kappa shape index (κ3) is 3.85. The average Bonchev–Trinajstić information content (AvgIpc) is 2.52. The monoisotopic (exact) mass is 273 g/mol. The second kappa shape index (κ2) is 7.33. The fourth-order valence-corrected chi connectivity index (χ4v) is 1.61. The maximum atomic E-state index is 5.75. The zero-order valence-electron chi connectivity index (χ0n) is 11.8. The van der Waals surface area contributed by atoms with E-state index in [1.54, 1.807) is 12.4 Å².